The highest BCUT2D eigenvalue weighted by Crippen LogP contribution is 2.38. The van der Waals surface area contributed by atoms with Crippen molar-refractivity contribution in [1.29, 1.82) is 0 Å². The Bertz CT molecular complexity index is 1670. The van der Waals surface area contributed by atoms with Gasteiger partial charge in [0.2, 0.25) is 0 Å². The summed E-state index contributed by atoms with van der Waals surface area (Å²) in [4.78, 5) is 27.7. The SMILES string of the molecule is COc1c2ccccc2c(C#Cc2cccc3c2C(=O)N(c2ccccc2)C3=O)c2ccccc12. The molecule has 35 heavy (non-hydrogen) atoms. The van der Waals surface area contributed by atoms with Crippen LogP contribution in [0.3, 0.4) is 0 Å². The van der Waals surface area contributed by atoms with Crippen molar-refractivity contribution < 1.29 is 14.3 Å². The molecular formula is C31H19NO3. The van der Waals surface area contributed by atoms with Gasteiger partial charge < -0.3 is 4.74 Å². The molecule has 0 aliphatic carbocycles. The number of para-hydroxylation sites is 1. The molecule has 0 spiro atoms. The van der Waals surface area contributed by atoms with Crippen LogP contribution in [0.25, 0.3) is 21.5 Å². The average Bonchev–Trinajstić information content (AvgIpc) is 3.17. The van der Waals surface area contributed by atoms with Gasteiger partial charge in [0.1, 0.15) is 5.75 Å². The number of methoxy groups -OCH3 is 1. The molecule has 0 saturated carbocycles. The molecule has 0 bridgehead atoms. The average molecular weight is 453 g/mol. The molecule has 166 valence electrons. The van der Waals surface area contributed by atoms with E-state index < -0.39 is 0 Å². The molecule has 0 atom stereocenters. The number of carbonyl (C=O) groups is 2. The minimum Gasteiger partial charge on any atom is -0.495 e. The first-order chi connectivity index (χ1) is 17.2. The minimum absolute atomic E-state index is 0.333. The van der Waals surface area contributed by atoms with Crippen LogP contribution in [0.4, 0.5) is 5.69 Å². The summed E-state index contributed by atoms with van der Waals surface area (Å²) in [6.45, 7) is 0. The Kier molecular flexibility index (Phi) is 4.83. The predicted octanol–water partition coefficient (Wildman–Crippen LogP) is 6.20. The predicted molar refractivity (Wildman–Crippen MR) is 138 cm³/mol. The molecule has 1 aliphatic heterocycles. The lowest BCUT2D eigenvalue weighted by Crippen LogP contribution is -2.29. The quantitative estimate of drug-likeness (QED) is 0.182. The number of rotatable bonds is 2. The van der Waals surface area contributed by atoms with Gasteiger partial charge in [-0.25, -0.2) is 4.90 Å². The lowest BCUT2D eigenvalue weighted by atomic mass is 9.95. The molecule has 1 aliphatic rings. The van der Waals surface area contributed by atoms with Gasteiger partial charge in [-0.1, -0.05) is 84.6 Å². The fourth-order valence-corrected chi connectivity index (χ4v) is 4.77. The summed E-state index contributed by atoms with van der Waals surface area (Å²) in [5, 5.41) is 3.88. The maximum atomic E-state index is 13.4. The monoisotopic (exact) mass is 453 g/mol. The second kappa shape index (κ2) is 8.16. The van der Waals surface area contributed by atoms with Gasteiger partial charge in [-0.05, 0) is 24.3 Å². The Balaban J connectivity index is 1.55. The fraction of sp³-hybridized carbons (Fsp3) is 0.0323. The van der Waals surface area contributed by atoms with Crippen LogP contribution in [-0.2, 0) is 0 Å². The third-order valence-corrected chi connectivity index (χ3v) is 6.34. The number of fused-ring (bicyclic) bond motifs is 3. The molecule has 6 rings (SSSR count). The number of benzene rings is 5. The molecule has 4 heteroatoms. The molecule has 5 aromatic rings. The van der Waals surface area contributed by atoms with Crippen molar-refractivity contribution in [3.8, 4) is 17.6 Å². The van der Waals surface area contributed by atoms with E-state index in [0.717, 1.165) is 32.9 Å². The maximum absolute atomic E-state index is 13.4. The molecule has 0 saturated heterocycles. The molecule has 0 aromatic heterocycles. The highest BCUT2D eigenvalue weighted by molar-refractivity contribution is 6.35. The molecule has 5 aromatic carbocycles. The molecular weight excluding hydrogens is 434 g/mol. The van der Waals surface area contributed by atoms with Crippen molar-refractivity contribution >= 4 is 39.0 Å². The van der Waals surface area contributed by atoms with Crippen LogP contribution in [0.15, 0.2) is 97.1 Å². The van der Waals surface area contributed by atoms with E-state index in [4.69, 9.17) is 4.74 Å². The number of anilines is 1. The molecule has 0 fully saturated rings. The van der Waals surface area contributed by atoms with Crippen LogP contribution in [0, 0.1) is 11.8 Å². The zero-order valence-electron chi connectivity index (χ0n) is 18.9. The van der Waals surface area contributed by atoms with Crippen LogP contribution in [0.2, 0.25) is 0 Å². The largest absolute Gasteiger partial charge is 0.495 e. The summed E-state index contributed by atoms with van der Waals surface area (Å²) in [5.41, 5.74) is 2.64. The van der Waals surface area contributed by atoms with Crippen LogP contribution in [0.5, 0.6) is 5.75 Å². The topological polar surface area (TPSA) is 46.6 Å². The van der Waals surface area contributed by atoms with Gasteiger partial charge in [0.15, 0.2) is 0 Å². The Hall–Kier alpha value is -4.88. The van der Waals surface area contributed by atoms with Gasteiger partial charge in [0, 0.05) is 32.7 Å². The van der Waals surface area contributed by atoms with E-state index in [1.807, 2.05) is 54.6 Å². The fourth-order valence-electron chi connectivity index (χ4n) is 4.77. The van der Waals surface area contributed by atoms with E-state index in [1.165, 1.54) is 4.90 Å². The highest BCUT2D eigenvalue weighted by Gasteiger charge is 2.38. The summed E-state index contributed by atoms with van der Waals surface area (Å²) < 4.78 is 5.76. The zero-order valence-corrected chi connectivity index (χ0v) is 18.9. The van der Waals surface area contributed by atoms with Crippen LogP contribution in [-0.4, -0.2) is 18.9 Å². The minimum atomic E-state index is -0.356. The van der Waals surface area contributed by atoms with E-state index in [9.17, 15) is 9.59 Å². The van der Waals surface area contributed by atoms with Gasteiger partial charge >= 0.3 is 0 Å². The van der Waals surface area contributed by atoms with Crippen molar-refractivity contribution in [1.82, 2.24) is 0 Å². The number of amides is 2. The molecule has 4 nitrogen and oxygen atoms in total. The molecule has 1 heterocycles. The summed E-state index contributed by atoms with van der Waals surface area (Å²) in [5.74, 6) is 6.66. The number of ether oxygens (including phenoxy) is 1. The zero-order chi connectivity index (χ0) is 23.9. The Morgan fingerprint density at radius 3 is 1.86 bits per heavy atom. The lowest BCUT2D eigenvalue weighted by Gasteiger charge is -2.13. The van der Waals surface area contributed by atoms with E-state index in [1.54, 1.807) is 49.6 Å². The summed E-state index contributed by atoms with van der Waals surface area (Å²) >= 11 is 0. The summed E-state index contributed by atoms with van der Waals surface area (Å²) in [6, 6.07) is 30.2. The van der Waals surface area contributed by atoms with E-state index in [2.05, 4.69) is 11.8 Å². The number of hydrogen-bond donors (Lipinski definition) is 0. The summed E-state index contributed by atoms with van der Waals surface area (Å²) in [6.07, 6.45) is 0. The van der Waals surface area contributed by atoms with Crippen molar-refractivity contribution in [3.05, 3.63) is 119 Å². The second-order valence-corrected chi connectivity index (χ2v) is 8.26. The van der Waals surface area contributed by atoms with Crippen LogP contribution in [0.1, 0.15) is 31.8 Å². The first kappa shape index (κ1) is 20.7. The van der Waals surface area contributed by atoms with Crippen LogP contribution >= 0.6 is 0 Å². The van der Waals surface area contributed by atoms with E-state index in [-0.39, 0.29) is 11.8 Å². The van der Waals surface area contributed by atoms with Crippen molar-refractivity contribution in [2.75, 3.05) is 12.0 Å². The van der Waals surface area contributed by atoms with Gasteiger partial charge in [0.25, 0.3) is 11.8 Å². The first-order valence-electron chi connectivity index (χ1n) is 11.3. The number of carbonyl (C=O) groups excluding carboxylic acids is 2. The smallest absolute Gasteiger partial charge is 0.267 e. The lowest BCUT2D eigenvalue weighted by molar-refractivity contribution is 0.0926. The van der Waals surface area contributed by atoms with Gasteiger partial charge in [-0.3, -0.25) is 9.59 Å². The third kappa shape index (κ3) is 3.18. The number of imide groups is 1. The Labute approximate surface area is 202 Å². The molecule has 0 radical (unpaired) electrons. The summed E-state index contributed by atoms with van der Waals surface area (Å²) in [7, 11) is 1.67. The maximum Gasteiger partial charge on any atom is 0.267 e. The van der Waals surface area contributed by atoms with Crippen molar-refractivity contribution in [3.63, 3.8) is 0 Å². The second-order valence-electron chi connectivity index (χ2n) is 8.26. The van der Waals surface area contributed by atoms with Crippen molar-refractivity contribution in [2.24, 2.45) is 0 Å². The van der Waals surface area contributed by atoms with E-state index >= 15 is 0 Å². The van der Waals surface area contributed by atoms with E-state index in [0.29, 0.717) is 22.4 Å². The van der Waals surface area contributed by atoms with Gasteiger partial charge in [-0.15, -0.1) is 0 Å². The highest BCUT2D eigenvalue weighted by atomic mass is 16.5. The Morgan fingerprint density at radius 1 is 0.629 bits per heavy atom. The molecule has 0 unspecified atom stereocenters. The third-order valence-electron chi connectivity index (χ3n) is 6.34. The number of hydrogen-bond acceptors (Lipinski definition) is 3. The Morgan fingerprint density at radius 2 is 1.23 bits per heavy atom. The standard InChI is InChI=1S/C31H19NO3/c1-35-29-25-15-7-5-13-22(25)24(23-14-6-8-16-26(23)29)19-18-20-10-9-17-27-28(20)31(34)32(30(27)33)21-11-3-2-4-12-21/h2-17H,1H3. The normalized spacial score (nSPS) is 12.5. The van der Waals surface area contributed by atoms with Gasteiger partial charge in [0.05, 0.1) is 23.9 Å². The number of nitrogens with zero attached hydrogens (tertiary/aromatic N) is 1. The molecule has 2 amide bonds. The van der Waals surface area contributed by atoms with Crippen molar-refractivity contribution in [2.45, 2.75) is 0 Å². The first-order valence-corrected chi connectivity index (χ1v) is 11.3. The van der Waals surface area contributed by atoms with Crippen LogP contribution < -0.4 is 9.64 Å². The molecule has 0 N–H and O–H groups in total. The van der Waals surface area contributed by atoms with Gasteiger partial charge in [-0.2, -0.15) is 0 Å².